The SMILES string of the molecule is O=C(Cc1ccsc1)C1CCOC1. The summed E-state index contributed by atoms with van der Waals surface area (Å²) in [6.07, 6.45) is 1.49. The van der Waals surface area contributed by atoms with Crippen LogP contribution in [0.2, 0.25) is 0 Å². The Kier molecular flexibility index (Phi) is 2.76. The minimum atomic E-state index is 0.153. The molecule has 1 aliphatic heterocycles. The van der Waals surface area contributed by atoms with Crippen molar-refractivity contribution in [3.05, 3.63) is 22.4 Å². The lowest BCUT2D eigenvalue weighted by Gasteiger charge is -2.04. The third-order valence-corrected chi connectivity index (χ3v) is 3.08. The van der Waals surface area contributed by atoms with Crippen LogP contribution in [0, 0.1) is 5.92 Å². The van der Waals surface area contributed by atoms with Crippen molar-refractivity contribution in [3.63, 3.8) is 0 Å². The fraction of sp³-hybridized carbons (Fsp3) is 0.500. The third-order valence-electron chi connectivity index (χ3n) is 2.34. The van der Waals surface area contributed by atoms with E-state index in [1.807, 2.05) is 16.8 Å². The van der Waals surface area contributed by atoms with Gasteiger partial charge in [-0.2, -0.15) is 11.3 Å². The highest BCUT2D eigenvalue weighted by Crippen LogP contribution is 2.17. The van der Waals surface area contributed by atoms with E-state index in [4.69, 9.17) is 4.74 Å². The van der Waals surface area contributed by atoms with Crippen molar-refractivity contribution >= 4 is 17.1 Å². The molecule has 1 unspecified atom stereocenters. The van der Waals surface area contributed by atoms with Crippen molar-refractivity contribution in [1.29, 1.82) is 0 Å². The molecule has 0 N–H and O–H groups in total. The quantitative estimate of drug-likeness (QED) is 0.738. The highest BCUT2D eigenvalue weighted by atomic mass is 32.1. The van der Waals surface area contributed by atoms with Gasteiger partial charge in [0.05, 0.1) is 6.61 Å². The zero-order valence-corrected chi connectivity index (χ0v) is 8.18. The zero-order valence-electron chi connectivity index (χ0n) is 7.36. The van der Waals surface area contributed by atoms with E-state index >= 15 is 0 Å². The maximum Gasteiger partial charge on any atom is 0.142 e. The Labute approximate surface area is 81.5 Å². The molecule has 2 heterocycles. The van der Waals surface area contributed by atoms with Gasteiger partial charge in [0.1, 0.15) is 5.78 Å². The summed E-state index contributed by atoms with van der Waals surface area (Å²) in [5.41, 5.74) is 1.14. The summed E-state index contributed by atoms with van der Waals surface area (Å²) >= 11 is 1.64. The molecule has 2 rings (SSSR count). The van der Waals surface area contributed by atoms with E-state index in [2.05, 4.69) is 0 Å². The average Bonchev–Trinajstić information content (AvgIpc) is 2.74. The molecule has 1 saturated heterocycles. The summed E-state index contributed by atoms with van der Waals surface area (Å²) in [4.78, 5) is 11.6. The van der Waals surface area contributed by atoms with Crippen molar-refractivity contribution in [3.8, 4) is 0 Å². The molecule has 1 aliphatic rings. The second-order valence-electron chi connectivity index (χ2n) is 3.34. The smallest absolute Gasteiger partial charge is 0.142 e. The summed E-state index contributed by atoms with van der Waals surface area (Å²) in [7, 11) is 0. The lowest BCUT2D eigenvalue weighted by Crippen LogP contribution is -2.16. The second kappa shape index (κ2) is 4.03. The number of thiophene rings is 1. The normalized spacial score (nSPS) is 22.0. The lowest BCUT2D eigenvalue weighted by molar-refractivity contribution is -0.122. The Morgan fingerprint density at radius 1 is 1.69 bits per heavy atom. The third kappa shape index (κ3) is 2.17. The minimum Gasteiger partial charge on any atom is -0.381 e. The van der Waals surface area contributed by atoms with E-state index < -0.39 is 0 Å². The number of ether oxygens (including phenoxy) is 1. The van der Waals surface area contributed by atoms with E-state index in [1.165, 1.54) is 0 Å². The maximum absolute atomic E-state index is 11.6. The first-order valence-corrected chi connectivity index (χ1v) is 5.42. The van der Waals surface area contributed by atoms with Crippen molar-refractivity contribution in [2.75, 3.05) is 13.2 Å². The minimum absolute atomic E-state index is 0.153. The van der Waals surface area contributed by atoms with Crippen LogP contribution in [0.1, 0.15) is 12.0 Å². The van der Waals surface area contributed by atoms with E-state index in [9.17, 15) is 4.79 Å². The van der Waals surface area contributed by atoms with Gasteiger partial charge >= 0.3 is 0 Å². The van der Waals surface area contributed by atoms with Gasteiger partial charge in [0.2, 0.25) is 0 Å². The highest BCUT2D eigenvalue weighted by molar-refractivity contribution is 7.07. The molecular formula is C10H12O2S. The van der Waals surface area contributed by atoms with E-state index in [0.717, 1.165) is 18.6 Å². The summed E-state index contributed by atoms with van der Waals surface area (Å²) in [6.45, 7) is 1.38. The van der Waals surface area contributed by atoms with E-state index in [0.29, 0.717) is 18.8 Å². The molecule has 0 spiro atoms. The molecule has 1 aromatic rings. The fourth-order valence-electron chi connectivity index (χ4n) is 1.53. The molecular weight excluding hydrogens is 184 g/mol. The predicted molar refractivity (Wildman–Crippen MR) is 52.0 cm³/mol. The summed E-state index contributed by atoms with van der Waals surface area (Å²) in [6, 6.07) is 2.01. The van der Waals surface area contributed by atoms with Gasteiger partial charge in [-0.1, -0.05) is 0 Å². The first-order chi connectivity index (χ1) is 6.36. The summed E-state index contributed by atoms with van der Waals surface area (Å²) in [5.74, 6) is 0.482. The van der Waals surface area contributed by atoms with Crippen LogP contribution in [0.15, 0.2) is 16.8 Å². The van der Waals surface area contributed by atoms with Crippen LogP contribution < -0.4 is 0 Å². The van der Waals surface area contributed by atoms with Crippen LogP contribution in [-0.2, 0) is 16.0 Å². The molecule has 3 heteroatoms. The van der Waals surface area contributed by atoms with Gasteiger partial charge in [-0.3, -0.25) is 4.79 Å². The van der Waals surface area contributed by atoms with Gasteiger partial charge in [-0.05, 0) is 28.8 Å². The number of hydrogen-bond acceptors (Lipinski definition) is 3. The average molecular weight is 196 g/mol. The first-order valence-electron chi connectivity index (χ1n) is 4.48. The number of rotatable bonds is 3. The number of ketones is 1. The van der Waals surface area contributed by atoms with Gasteiger partial charge in [0, 0.05) is 18.9 Å². The van der Waals surface area contributed by atoms with Crippen LogP contribution in [0.25, 0.3) is 0 Å². The monoisotopic (exact) mass is 196 g/mol. The maximum atomic E-state index is 11.6. The second-order valence-corrected chi connectivity index (χ2v) is 4.12. The van der Waals surface area contributed by atoms with Gasteiger partial charge in [-0.25, -0.2) is 0 Å². The Bertz CT molecular complexity index is 273. The van der Waals surface area contributed by atoms with E-state index in [-0.39, 0.29) is 5.92 Å². The molecule has 0 saturated carbocycles. The van der Waals surface area contributed by atoms with E-state index in [1.54, 1.807) is 11.3 Å². The number of Topliss-reactive ketones (excluding diaryl/α,β-unsaturated/α-hetero) is 1. The van der Waals surface area contributed by atoms with Crippen LogP contribution >= 0.6 is 11.3 Å². The molecule has 70 valence electrons. The molecule has 1 fully saturated rings. The molecule has 2 nitrogen and oxygen atoms in total. The number of hydrogen-bond donors (Lipinski definition) is 0. The standard InChI is InChI=1S/C10H12O2S/c11-10(9-1-3-12-6-9)5-8-2-4-13-7-8/h2,4,7,9H,1,3,5-6H2. The van der Waals surface area contributed by atoms with Crippen LogP contribution in [0.5, 0.6) is 0 Å². The van der Waals surface area contributed by atoms with Crippen molar-refractivity contribution in [1.82, 2.24) is 0 Å². The molecule has 0 aromatic carbocycles. The molecule has 1 aromatic heterocycles. The van der Waals surface area contributed by atoms with Crippen molar-refractivity contribution in [2.45, 2.75) is 12.8 Å². The molecule has 0 bridgehead atoms. The Morgan fingerprint density at radius 2 is 2.62 bits per heavy atom. The van der Waals surface area contributed by atoms with Gasteiger partial charge in [0.15, 0.2) is 0 Å². The van der Waals surface area contributed by atoms with Crippen LogP contribution in [-0.4, -0.2) is 19.0 Å². The molecule has 0 amide bonds. The Hall–Kier alpha value is -0.670. The van der Waals surface area contributed by atoms with Gasteiger partial charge < -0.3 is 4.74 Å². The van der Waals surface area contributed by atoms with Crippen LogP contribution in [0.4, 0.5) is 0 Å². The predicted octanol–water partition coefficient (Wildman–Crippen LogP) is 1.90. The molecule has 1 atom stereocenters. The first kappa shape index (κ1) is 8.91. The highest BCUT2D eigenvalue weighted by Gasteiger charge is 2.23. The van der Waals surface area contributed by atoms with Gasteiger partial charge in [-0.15, -0.1) is 0 Å². The number of carbonyl (C=O) groups is 1. The lowest BCUT2D eigenvalue weighted by atomic mass is 9.99. The largest absolute Gasteiger partial charge is 0.381 e. The topological polar surface area (TPSA) is 26.3 Å². The van der Waals surface area contributed by atoms with Gasteiger partial charge in [0.25, 0.3) is 0 Å². The Morgan fingerprint density at radius 3 is 3.23 bits per heavy atom. The number of carbonyl (C=O) groups excluding carboxylic acids is 1. The van der Waals surface area contributed by atoms with Crippen LogP contribution in [0.3, 0.4) is 0 Å². The zero-order chi connectivity index (χ0) is 9.10. The van der Waals surface area contributed by atoms with Crippen molar-refractivity contribution in [2.24, 2.45) is 5.92 Å². The van der Waals surface area contributed by atoms with Crippen molar-refractivity contribution < 1.29 is 9.53 Å². The molecule has 13 heavy (non-hydrogen) atoms. The molecule has 0 radical (unpaired) electrons. The Balaban J connectivity index is 1.91. The summed E-state index contributed by atoms with van der Waals surface area (Å²) in [5, 5.41) is 4.04. The fourth-order valence-corrected chi connectivity index (χ4v) is 2.20. The molecule has 0 aliphatic carbocycles. The summed E-state index contributed by atoms with van der Waals surface area (Å²) < 4.78 is 5.18.